The lowest BCUT2D eigenvalue weighted by atomic mass is 9.99. The van der Waals surface area contributed by atoms with Crippen molar-refractivity contribution in [3.63, 3.8) is 0 Å². The molecule has 7 nitrogen and oxygen atoms in total. The number of furan rings is 1. The fourth-order valence-corrected chi connectivity index (χ4v) is 3.62. The number of carbonyl (C=O) groups is 3. The minimum absolute atomic E-state index is 0.105. The van der Waals surface area contributed by atoms with Crippen LogP contribution in [0.2, 0.25) is 5.02 Å². The van der Waals surface area contributed by atoms with E-state index in [1.807, 2.05) is 0 Å². The zero-order chi connectivity index (χ0) is 22.7. The number of aryl methyl sites for hydroxylation is 1. The fraction of sp³-hybridized carbons (Fsp3) is 0.261. The van der Waals surface area contributed by atoms with Gasteiger partial charge in [-0.25, -0.2) is 4.79 Å². The molecule has 2 heterocycles. The number of esters is 1. The molecule has 0 unspecified atom stereocenters. The number of H-pyrrole nitrogens is 1. The summed E-state index contributed by atoms with van der Waals surface area (Å²) >= 11 is 5.94. The normalized spacial score (nSPS) is 11.8. The van der Waals surface area contributed by atoms with E-state index in [2.05, 4.69) is 4.98 Å². The van der Waals surface area contributed by atoms with Crippen molar-refractivity contribution in [2.75, 3.05) is 7.11 Å². The Balaban J connectivity index is 1.98. The Morgan fingerprint density at radius 3 is 2.42 bits per heavy atom. The van der Waals surface area contributed by atoms with Crippen molar-refractivity contribution in [2.24, 2.45) is 0 Å². The summed E-state index contributed by atoms with van der Waals surface area (Å²) < 4.78 is 10.2. The second kappa shape index (κ2) is 9.22. The first-order valence-corrected chi connectivity index (χ1v) is 10.0. The molecule has 8 heteroatoms. The number of methoxy groups -OCH3 is 1. The molecule has 0 aliphatic carbocycles. The van der Waals surface area contributed by atoms with Crippen LogP contribution in [0.15, 0.2) is 47.1 Å². The molecule has 3 rings (SSSR count). The van der Waals surface area contributed by atoms with Crippen molar-refractivity contribution in [1.82, 2.24) is 9.88 Å². The van der Waals surface area contributed by atoms with Crippen molar-refractivity contribution in [3.8, 4) is 0 Å². The van der Waals surface area contributed by atoms with Crippen molar-refractivity contribution >= 4 is 29.3 Å². The summed E-state index contributed by atoms with van der Waals surface area (Å²) in [5.74, 6) is -0.653. The third-order valence-corrected chi connectivity index (χ3v) is 5.43. The van der Waals surface area contributed by atoms with Gasteiger partial charge in [-0.05, 0) is 62.7 Å². The summed E-state index contributed by atoms with van der Waals surface area (Å²) in [5.41, 5.74) is 2.00. The van der Waals surface area contributed by atoms with Crippen LogP contribution in [-0.4, -0.2) is 40.7 Å². The standard InChI is InChI=1S/C23H23ClN2O5/c1-13-19(14(2)25-20(13)23(29)30-4)21(27)15(3)26(12-18-6-5-11-31-18)22(28)16-7-9-17(24)10-8-16/h5-11,15,25H,12H2,1-4H3/t15-/m1/s1. The molecule has 1 N–H and O–H groups in total. The Labute approximate surface area is 184 Å². The Morgan fingerprint density at radius 2 is 1.84 bits per heavy atom. The van der Waals surface area contributed by atoms with Gasteiger partial charge in [-0.1, -0.05) is 11.6 Å². The minimum atomic E-state index is -0.827. The number of hydrogen-bond donors (Lipinski definition) is 1. The zero-order valence-electron chi connectivity index (χ0n) is 17.7. The summed E-state index contributed by atoms with van der Waals surface area (Å²) in [6.45, 7) is 5.14. The Bertz CT molecular complexity index is 1100. The number of Topliss-reactive ketones (excluding diaryl/α,β-unsaturated/α-hetero) is 1. The van der Waals surface area contributed by atoms with Crippen LogP contribution < -0.4 is 0 Å². The molecule has 1 aromatic carbocycles. The Morgan fingerprint density at radius 1 is 1.16 bits per heavy atom. The van der Waals surface area contributed by atoms with Gasteiger partial charge in [-0.15, -0.1) is 0 Å². The highest BCUT2D eigenvalue weighted by atomic mass is 35.5. The van der Waals surface area contributed by atoms with Crippen LogP contribution in [0.5, 0.6) is 0 Å². The number of aromatic amines is 1. The molecular formula is C23H23ClN2O5. The maximum absolute atomic E-state index is 13.5. The number of aromatic nitrogens is 1. The highest BCUT2D eigenvalue weighted by Gasteiger charge is 2.32. The minimum Gasteiger partial charge on any atom is -0.467 e. The summed E-state index contributed by atoms with van der Waals surface area (Å²) in [5, 5.41) is 0.507. The molecule has 0 aliphatic rings. The number of ether oxygens (including phenoxy) is 1. The number of ketones is 1. The molecule has 0 saturated carbocycles. The largest absolute Gasteiger partial charge is 0.467 e. The predicted molar refractivity (Wildman–Crippen MR) is 115 cm³/mol. The molecule has 1 atom stereocenters. The SMILES string of the molecule is COC(=O)c1[nH]c(C)c(C(=O)[C@@H](C)N(Cc2ccco2)C(=O)c2ccc(Cl)cc2)c1C. The van der Waals surface area contributed by atoms with Crippen LogP contribution in [0.3, 0.4) is 0 Å². The second-order valence-electron chi connectivity index (χ2n) is 7.18. The molecule has 31 heavy (non-hydrogen) atoms. The molecule has 0 radical (unpaired) electrons. The molecule has 3 aromatic rings. The van der Waals surface area contributed by atoms with E-state index in [1.165, 1.54) is 18.3 Å². The maximum Gasteiger partial charge on any atom is 0.354 e. The molecule has 0 spiro atoms. The smallest absolute Gasteiger partial charge is 0.354 e. The predicted octanol–water partition coefficient (Wildman–Crippen LogP) is 4.58. The first kappa shape index (κ1) is 22.4. The molecule has 2 aromatic heterocycles. The van der Waals surface area contributed by atoms with Gasteiger partial charge in [0.2, 0.25) is 0 Å². The lowest BCUT2D eigenvalue weighted by molar-refractivity contribution is 0.0590. The van der Waals surface area contributed by atoms with Gasteiger partial charge < -0.3 is 19.0 Å². The summed E-state index contributed by atoms with van der Waals surface area (Å²) in [4.78, 5) is 43.1. The van der Waals surface area contributed by atoms with Gasteiger partial charge in [-0.3, -0.25) is 9.59 Å². The van der Waals surface area contributed by atoms with Crippen LogP contribution in [-0.2, 0) is 11.3 Å². The van der Waals surface area contributed by atoms with Gasteiger partial charge in [0.25, 0.3) is 5.91 Å². The van der Waals surface area contributed by atoms with Crippen molar-refractivity contribution in [3.05, 3.63) is 81.5 Å². The van der Waals surface area contributed by atoms with Gasteiger partial charge in [0.1, 0.15) is 11.5 Å². The molecular weight excluding hydrogens is 420 g/mol. The average Bonchev–Trinajstić information content (AvgIpc) is 3.38. The van der Waals surface area contributed by atoms with Crippen LogP contribution in [0.1, 0.15) is 55.1 Å². The monoisotopic (exact) mass is 442 g/mol. The lowest BCUT2D eigenvalue weighted by Gasteiger charge is -2.28. The molecule has 0 aliphatic heterocycles. The van der Waals surface area contributed by atoms with Gasteiger partial charge in [0, 0.05) is 21.8 Å². The number of benzene rings is 1. The maximum atomic E-state index is 13.5. The van der Waals surface area contributed by atoms with E-state index in [1.54, 1.807) is 57.2 Å². The van der Waals surface area contributed by atoms with Crippen LogP contribution in [0, 0.1) is 13.8 Å². The fourth-order valence-electron chi connectivity index (χ4n) is 3.49. The van der Waals surface area contributed by atoms with E-state index >= 15 is 0 Å². The number of rotatable bonds is 7. The quantitative estimate of drug-likeness (QED) is 0.427. The van der Waals surface area contributed by atoms with Crippen LogP contribution in [0.25, 0.3) is 0 Å². The van der Waals surface area contributed by atoms with E-state index in [0.717, 1.165) is 0 Å². The third kappa shape index (κ3) is 4.56. The average molecular weight is 443 g/mol. The molecule has 1 amide bonds. The summed E-state index contributed by atoms with van der Waals surface area (Å²) in [6.07, 6.45) is 1.51. The number of nitrogens with one attached hydrogen (secondary N) is 1. The van der Waals surface area contributed by atoms with E-state index in [-0.39, 0.29) is 23.9 Å². The van der Waals surface area contributed by atoms with E-state index in [4.69, 9.17) is 20.8 Å². The number of halogens is 1. The third-order valence-electron chi connectivity index (χ3n) is 5.18. The zero-order valence-corrected chi connectivity index (χ0v) is 18.4. The van der Waals surface area contributed by atoms with Crippen molar-refractivity contribution in [2.45, 2.75) is 33.4 Å². The number of hydrogen-bond acceptors (Lipinski definition) is 5. The topological polar surface area (TPSA) is 92.6 Å². The Hall–Kier alpha value is -3.32. The number of amides is 1. The van der Waals surface area contributed by atoms with E-state index in [9.17, 15) is 14.4 Å². The van der Waals surface area contributed by atoms with Crippen molar-refractivity contribution in [1.29, 1.82) is 0 Å². The second-order valence-corrected chi connectivity index (χ2v) is 7.61. The molecule has 162 valence electrons. The lowest BCUT2D eigenvalue weighted by Crippen LogP contribution is -2.43. The first-order chi connectivity index (χ1) is 14.7. The highest BCUT2D eigenvalue weighted by Crippen LogP contribution is 2.24. The first-order valence-electron chi connectivity index (χ1n) is 9.65. The van der Waals surface area contributed by atoms with Crippen LogP contribution in [0.4, 0.5) is 0 Å². The van der Waals surface area contributed by atoms with E-state index in [0.29, 0.717) is 33.2 Å². The van der Waals surface area contributed by atoms with Crippen LogP contribution >= 0.6 is 11.6 Å². The summed E-state index contributed by atoms with van der Waals surface area (Å²) in [7, 11) is 1.28. The molecule has 0 bridgehead atoms. The summed E-state index contributed by atoms with van der Waals surface area (Å²) in [6, 6.07) is 9.09. The molecule has 0 fully saturated rings. The Kier molecular flexibility index (Phi) is 6.65. The van der Waals surface area contributed by atoms with Gasteiger partial charge >= 0.3 is 5.97 Å². The number of nitrogens with zero attached hydrogens (tertiary/aromatic N) is 1. The molecule has 0 saturated heterocycles. The van der Waals surface area contributed by atoms with Gasteiger partial charge in [-0.2, -0.15) is 0 Å². The highest BCUT2D eigenvalue weighted by molar-refractivity contribution is 6.30. The van der Waals surface area contributed by atoms with Gasteiger partial charge in [0.15, 0.2) is 5.78 Å². The van der Waals surface area contributed by atoms with Gasteiger partial charge in [0.05, 0.1) is 26.0 Å². The number of carbonyl (C=O) groups excluding carboxylic acids is 3. The van der Waals surface area contributed by atoms with Crippen molar-refractivity contribution < 1.29 is 23.5 Å². The van der Waals surface area contributed by atoms with E-state index < -0.39 is 12.0 Å².